The summed E-state index contributed by atoms with van der Waals surface area (Å²) in [6.07, 6.45) is 4.25. The summed E-state index contributed by atoms with van der Waals surface area (Å²) in [6.45, 7) is 0. The third-order valence-corrected chi connectivity index (χ3v) is 1.84. The molecule has 0 saturated heterocycles. The summed E-state index contributed by atoms with van der Waals surface area (Å²) in [5.74, 6) is 5.43. The van der Waals surface area contributed by atoms with E-state index in [-0.39, 0.29) is 0 Å². The van der Waals surface area contributed by atoms with E-state index in [0.29, 0.717) is 0 Å². The van der Waals surface area contributed by atoms with Gasteiger partial charge in [0, 0.05) is 5.54 Å². The van der Waals surface area contributed by atoms with Gasteiger partial charge in [-0.15, -0.1) is 0 Å². The fourth-order valence-electron chi connectivity index (χ4n) is 0.991. The van der Waals surface area contributed by atoms with Gasteiger partial charge < -0.3 is 5.11 Å². The molecule has 0 spiro atoms. The molecule has 0 heterocycles. The molecular weight excluding hydrogens is 208 g/mol. The van der Waals surface area contributed by atoms with E-state index >= 15 is 0 Å². The number of benzene rings is 1. The first-order valence-corrected chi connectivity index (χ1v) is 4.94. The third-order valence-electron chi connectivity index (χ3n) is 1.70. The van der Waals surface area contributed by atoms with Gasteiger partial charge in [0.15, 0.2) is 0 Å². The monoisotopic (exact) mass is 218 g/mol. The Bertz CT molecular complexity index is 396. The van der Waals surface area contributed by atoms with Crippen molar-refractivity contribution in [3.63, 3.8) is 0 Å². The first kappa shape index (κ1) is 11.6. The predicted molar refractivity (Wildman–Crippen MR) is 63.3 cm³/mol. The van der Waals surface area contributed by atoms with E-state index in [1.54, 1.807) is 18.2 Å². The second kappa shape index (κ2) is 6.89. The maximum absolute atomic E-state index is 9.63. The zero-order chi connectivity index (χ0) is 10.9. The van der Waals surface area contributed by atoms with Crippen molar-refractivity contribution in [2.75, 3.05) is 0 Å². The zero-order valence-corrected chi connectivity index (χ0v) is 8.85. The van der Waals surface area contributed by atoms with E-state index in [1.807, 2.05) is 30.3 Å². The van der Waals surface area contributed by atoms with Crippen LogP contribution in [0.2, 0.25) is 0 Å². The Morgan fingerprint density at radius 2 is 1.93 bits per heavy atom. The lowest BCUT2D eigenvalue weighted by Crippen LogP contribution is -1.91. The molecule has 0 aliphatic carbocycles. The van der Waals surface area contributed by atoms with Gasteiger partial charge in [0.25, 0.3) is 0 Å². The number of halogens is 1. The lowest BCUT2D eigenvalue weighted by Gasteiger charge is -2.01. The van der Waals surface area contributed by atoms with Gasteiger partial charge in [-0.05, 0) is 11.6 Å². The highest BCUT2D eigenvalue weighted by molar-refractivity contribution is 6.25. The Kier molecular flexibility index (Phi) is 5.32. The molecule has 15 heavy (non-hydrogen) atoms. The van der Waals surface area contributed by atoms with Crippen LogP contribution in [0.4, 0.5) is 0 Å². The highest BCUT2D eigenvalue weighted by atomic mass is 35.5. The van der Waals surface area contributed by atoms with Crippen molar-refractivity contribution < 1.29 is 5.11 Å². The number of allylic oxidation sites excluding steroid dienone is 3. The molecule has 0 fully saturated rings. The van der Waals surface area contributed by atoms with Crippen LogP contribution >= 0.6 is 11.6 Å². The summed E-state index contributed by atoms with van der Waals surface area (Å²) in [6, 6.07) is 9.30. The minimum atomic E-state index is -0.740. The van der Waals surface area contributed by atoms with Crippen molar-refractivity contribution in [1.29, 1.82) is 0 Å². The van der Waals surface area contributed by atoms with Gasteiger partial charge in [-0.3, -0.25) is 0 Å². The van der Waals surface area contributed by atoms with Crippen LogP contribution in [0.5, 0.6) is 0 Å². The molecular formula is C13H11ClO. The molecule has 0 radical (unpaired) electrons. The van der Waals surface area contributed by atoms with Crippen LogP contribution in [-0.4, -0.2) is 5.11 Å². The normalized spacial score (nSPS) is 12.7. The average molecular weight is 219 g/mol. The van der Waals surface area contributed by atoms with Crippen molar-refractivity contribution in [2.24, 2.45) is 0 Å². The summed E-state index contributed by atoms with van der Waals surface area (Å²) >= 11 is 5.31. The van der Waals surface area contributed by atoms with Gasteiger partial charge in [-0.25, -0.2) is 0 Å². The Morgan fingerprint density at radius 1 is 1.20 bits per heavy atom. The number of rotatable bonds is 2. The molecule has 0 saturated carbocycles. The summed E-state index contributed by atoms with van der Waals surface area (Å²) in [5.41, 5.74) is 2.19. The Balaban J connectivity index is 2.59. The van der Waals surface area contributed by atoms with Gasteiger partial charge in [-0.2, -0.15) is 0 Å². The molecule has 0 bridgehead atoms. The van der Waals surface area contributed by atoms with Gasteiger partial charge in [0.2, 0.25) is 0 Å². The Hall–Kier alpha value is -1.49. The van der Waals surface area contributed by atoms with E-state index in [9.17, 15) is 5.11 Å². The van der Waals surface area contributed by atoms with Gasteiger partial charge >= 0.3 is 0 Å². The topological polar surface area (TPSA) is 20.2 Å². The van der Waals surface area contributed by atoms with Crippen LogP contribution in [0.15, 0.2) is 54.1 Å². The second-order valence-corrected chi connectivity index (χ2v) is 3.03. The van der Waals surface area contributed by atoms with Crippen molar-refractivity contribution in [2.45, 2.75) is 6.10 Å². The molecule has 1 unspecified atom stereocenters. The van der Waals surface area contributed by atoms with E-state index in [2.05, 4.69) is 11.8 Å². The van der Waals surface area contributed by atoms with Crippen LogP contribution in [0.3, 0.4) is 0 Å². The summed E-state index contributed by atoms with van der Waals surface area (Å²) in [7, 11) is 0. The van der Waals surface area contributed by atoms with Crippen molar-refractivity contribution in [1.82, 2.24) is 0 Å². The molecule has 1 aromatic carbocycles. The van der Waals surface area contributed by atoms with Crippen LogP contribution in [0.1, 0.15) is 11.7 Å². The van der Waals surface area contributed by atoms with Gasteiger partial charge in [-0.1, -0.05) is 65.9 Å². The lowest BCUT2D eigenvalue weighted by molar-refractivity contribution is 0.238. The summed E-state index contributed by atoms with van der Waals surface area (Å²) in [4.78, 5) is 0. The summed E-state index contributed by atoms with van der Waals surface area (Å²) < 4.78 is 0. The van der Waals surface area contributed by atoms with Gasteiger partial charge in [0.05, 0.1) is 0 Å². The van der Waals surface area contributed by atoms with E-state index in [0.717, 1.165) is 5.56 Å². The molecule has 1 rings (SSSR count). The van der Waals surface area contributed by atoms with Crippen LogP contribution < -0.4 is 0 Å². The van der Waals surface area contributed by atoms with Crippen molar-refractivity contribution in [3.8, 4) is 11.8 Å². The molecule has 0 amide bonds. The smallest absolute Gasteiger partial charge is 0.140 e. The molecule has 2 heteroatoms. The molecule has 1 atom stereocenters. The second-order valence-electron chi connectivity index (χ2n) is 2.78. The molecule has 0 aromatic heterocycles. The maximum Gasteiger partial charge on any atom is 0.140 e. The highest BCUT2D eigenvalue weighted by Gasteiger charge is 1.99. The lowest BCUT2D eigenvalue weighted by atomic mass is 10.1. The molecule has 0 aliphatic rings. The average Bonchev–Trinajstić information content (AvgIpc) is 2.30. The zero-order valence-electron chi connectivity index (χ0n) is 8.10. The molecule has 0 aliphatic heterocycles. The minimum Gasteiger partial charge on any atom is -0.376 e. The minimum absolute atomic E-state index is 0.740. The fraction of sp³-hybridized carbons (Fsp3) is 0.0769. The first-order chi connectivity index (χ1) is 7.34. The maximum atomic E-state index is 9.63. The summed E-state index contributed by atoms with van der Waals surface area (Å²) in [5, 5.41) is 9.63. The quantitative estimate of drug-likeness (QED) is 0.598. The SMILES string of the molecule is OC(C#C/C=C/C=C/Cl)c1ccccc1. The predicted octanol–water partition coefficient (Wildman–Crippen LogP) is 3.03. The Morgan fingerprint density at radius 3 is 2.60 bits per heavy atom. The largest absolute Gasteiger partial charge is 0.376 e. The molecule has 1 aromatic rings. The molecule has 76 valence electrons. The first-order valence-electron chi connectivity index (χ1n) is 4.50. The van der Waals surface area contributed by atoms with Crippen molar-refractivity contribution >= 4 is 11.6 Å². The number of hydrogen-bond acceptors (Lipinski definition) is 1. The van der Waals surface area contributed by atoms with Gasteiger partial charge in [0.1, 0.15) is 6.10 Å². The number of aliphatic hydroxyl groups excluding tert-OH is 1. The third kappa shape index (κ3) is 4.51. The standard InChI is InChI=1S/C13H11ClO/c14-11-7-2-1-6-10-13(15)12-8-4-3-5-9-12/h1-5,7-9,11,13,15H/b2-1+,11-7+. The molecule has 1 N–H and O–H groups in total. The Labute approximate surface area is 94.7 Å². The van der Waals surface area contributed by atoms with E-state index in [1.165, 1.54) is 5.54 Å². The molecule has 1 nitrogen and oxygen atoms in total. The highest BCUT2D eigenvalue weighted by Crippen LogP contribution is 2.09. The van der Waals surface area contributed by atoms with Crippen LogP contribution in [0.25, 0.3) is 0 Å². The fourth-order valence-corrected chi connectivity index (χ4v) is 1.08. The number of hydrogen-bond donors (Lipinski definition) is 1. The van der Waals surface area contributed by atoms with Crippen LogP contribution in [-0.2, 0) is 0 Å². The number of aliphatic hydroxyl groups is 1. The van der Waals surface area contributed by atoms with Crippen molar-refractivity contribution in [3.05, 3.63) is 59.7 Å². The van der Waals surface area contributed by atoms with E-state index in [4.69, 9.17) is 11.6 Å². The van der Waals surface area contributed by atoms with Crippen LogP contribution in [0, 0.1) is 11.8 Å². The van der Waals surface area contributed by atoms with E-state index < -0.39 is 6.10 Å².